The highest BCUT2D eigenvalue weighted by atomic mass is 19.4. The number of nitrogen functional groups attached to an aromatic ring is 1. The van der Waals surface area contributed by atoms with Crippen LogP contribution in [0.5, 0.6) is 0 Å². The van der Waals surface area contributed by atoms with E-state index in [1.807, 2.05) is 47.6 Å². The summed E-state index contributed by atoms with van der Waals surface area (Å²) in [5.74, 6) is 0.338. The minimum Gasteiger partial charge on any atom is -0.384 e. The number of nitrogens with two attached hydrogens (primary N) is 1. The summed E-state index contributed by atoms with van der Waals surface area (Å²) in [5, 5.41) is 3.31. The second-order valence-electron chi connectivity index (χ2n) is 19.8. The number of pyridine rings is 2. The Balaban J connectivity index is 0.682. The quantitative estimate of drug-likeness (QED) is 0.138. The molecular weight excluding hydrogens is 900 g/mol. The van der Waals surface area contributed by atoms with Crippen molar-refractivity contribution in [2.24, 2.45) is 13.0 Å². The summed E-state index contributed by atoms with van der Waals surface area (Å²) >= 11 is 0. The summed E-state index contributed by atoms with van der Waals surface area (Å²) in [6.45, 7) is 8.93. The van der Waals surface area contributed by atoms with Crippen molar-refractivity contribution in [3.63, 3.8) is 0 Å². The zero-order chi connectivity index (χ0) is 48.8. The number of imidazole rings is 1. The van der Waals surface area contributed by atoms with Crippen LogP contribution < -0.4 is 16.7 Å². The van der Waals surface area contributed by atoms with Gasteiger partial charge < -0.3 is 20.1 Å². The largest absolute Gasteiger partial charge is 0.406 e. The van der Waals surface area contributed by atoms with Crippen LogP contribution in [0.25, 0.3) is 33.2 Å². The fraction of sp³-hybridized carbons (Fsp3) is 0.462. The number of likely N-dealkylation sites (tertiary alicyclic amines) is 2. The third kappa shape index (κ3) is 9.72. The average Bonchev–Trinajstić information content (AvgIpc) is 3.83. The molecule has 4 aliphatic heterocycles. The Labute approximate surface area is 404 Å². The van der Waals surface area contributed by atoms with Crippen molar-refractivity contribution in [2.75, 3.05) is 64.6 Å². The number of imide groups is 1. The number of aryl methyl sites for hydroxylation is 1. The fourth-order valence-electron chi connectivity index (χ4n) is 11.4. The molecule has 18 heteroatoms. The average molecular weight is 960 g/mol. The van der Waals surface area contributed by atoms with Crippen molar-refractivity contribution in [1.29, 1.82) is 0 Å². The normalized spacial score (nSPS) is 20.1. The van der Waals surface area contributed by atoms with Crippen molar-refractivity contribution < 1.29 is 27.6 Å². The first-order valence-corrected chi connectivity index (χ1v) is 24.6. The molecule has 0 aliphatic carbocycles. The van der Waals surface area contributed by atoms with Gasteiger partial charge in [-0.3, -0.25) is 38.6 Å². The summed E-state index contributed by atoms with van der Waals surface area (Å²) in [6.07, 6.45) is 3.03. The number of anilines is 1. The van der Waals surface area contributed by atoms with Gasteiger partial charge in [0.15, 0.2) is 0 Å². The Kier molecular flexibility index (Phi) is 13.1. The standard InChI is InChI=1S/C52H60F3N11O4/c1-33(44-28-41-40(13-18-57-48(41)60(44)2)39-8-11-46(56)58-29-39)63-21-16-37(17-22-63)36-4-6-38(7-5-36)50(69)64-19-14-34(15-20-64)30-61-23-25-62(26-24-61)31-35-3-9-42-45(27-35)65(32-52(53,54)55)51(70)66(42)43-10-12-47(67)59-49(43)68/h3-9,11,13,18,27-29,33-34,37,43H,10,12,14-17,19-26,30-32H2,1-2H3,(H2,56,58)(H,59,67,68)/t33-,43?/m0/s1. The number of halogens is 3. The van der Waals surface area contributed by atoms with Crippen LogP contribution in [-0.2, 0) is 29.7 Å². The Morgan fingerprint density at radius 2 is 1.56 bits per heavy atom. The molecule has 4 aromatic heterocycles. The number of rotatable bonds is 11. The van der Waals surface area contributed by atoms with Crippen LogP contribution in [0, 0.1) is 5.92 Å². The molecule has 0 spiro atoms. The Morgan fingerprint density at radius 3 is 2.24 bits per heavy atom. The van der Waals surface area contributed by atoms with Crippen LogP contribution in [-0.4, -0.2) is 126 Å². The van der Waals surface area contributed by atoms with Gasteiger partial charge in [0.1, 0.15) is 24.1 Å². The molecule has 2 atom stereocenters. The van der Waals surface area contributed by atoms with Gasteiger partial charge in [0.2, 0.25) is 11.8 Å². The van der Waals surface area contributed by atoms with Gasteiger partial charge >= 0.3 is 11.9 Å². The molecule has 0 radical (unpaired) electrons. The first-order chi connectivity index (χ1) is 33.7. The highest BCUT2D eigenvalue weighted by Crippen LogP contribution is 2.37. The number of aromatic nitrogens is 5. The van der Waals surface area contributed by atoms with E-state index in [2.05, 4.69) is 61.7 Å². The zero-order valence-electron chi connectivity index (χ0n) is 39.7. The second kappa shape index (κ2) is 19.4. The molecule has 3 N–H and O–H groups in total. The SMILES string of the molecule is C[C@@H](c1cc2c(-c3ccc(N)nc3)ccnc2n1C)N1CCC(c2ccc(C(=O)N3CCC(CN4CCN(Cc5ccc6c(c5)n(CC(F)(F)F)c(=O)n6C5CCC(=O)NC5=O)CC4)CC3)cc2)CC1. The number of carbonyl (C=O) groups is 3. The number of amides is 3. The van der Waals surface area contributed by atoms with E-state index in [0.717, 1.165) is 122 Å². The summed E-state index contributed by atoms with van der Waals surface area (Å²) in [7, 11) is 2.09. The van der Waals surface area contributed by atoms with Crippen molar-refractivity contribution in [1.82, 2.24) is 48.6 Å². The van der Waals surface area contributed by atoms with E-state index in [0.29, 0.717) is 28.8 Å². The van der Waals surface area contributed by atoms with Gasteiger partial charge in [0.25, 0.3) is 5.91 Å². The molecule has 3 amide bonds. The third-order valence-electron chi connectivity index (χ3n) is 15.4. The van der Waals surface area contributed by atoms with Gasteiger partial charge in [-0.05, 0) is 129 Å². The number of benzene rings is 2. The summed E-state index contributed by atoms with van der Waals surface area (Å²) in [5.41, 5.74) is 12.4. The molecule has 0 saturated carbocycles. The third-order valence-corrected chi connectivity index (χ3v) is 15.4. The summed E-state index contributed by atoms with van der Waals surface area (Å²) < 4.78 is 45.1. The van der Waals surface area contributed by atoms with Crippen LogP contribution in [0.3, 0.4) is 0 Å². The highest BCUT2D eigenvalue weighted by molar-refractivity contribution is 6.00. The topological polar surface area (TPSA) is 160 Å². The van der Waals surface area contributed by atoms with E-state index in [1.54, 1.807) is 18.2 Å². The van der Waals surface area contributed by atoms with Crippen LogP contribution in [0.4, 0.5) is 19.0 Å². The van der Waals surface area contributed by atoms with Crippen LogP contribution in [0.2, 0.25) is 0 Å². The summed E-state index contributed by atoms with van der Waals surface area (Å²) in [6, 6.07) is 20.6. The molecule has 6 aromatic rings. The highest BCUT2D eigenvalue weighted by Gasteiger charge is 2.36. The molecule has 1 unspecified atom stereocenters. The van der Waals surface area contributed by atoms with E-state index in [4.69, 9.17) is 10.7 Å². The molecular formula is C52H60F3N11O4. The molecule has 10 rings (SSSR count). The van der Waals surface area contributed by atoms with E-state index in [-0.39, 0.29) is 35.8 Å². The molecule has 0 bridgehead atoms. The van der Waals surface area contributed by atoms with Gasteiger partial charge in [-0.2, -0.15) is 13.2 Å². The number of nitrogens with one attached hydrogen (secondary N) is 1. The molecule has 4 aliphatic rings. The lowest BCUT2D eigenvalue weighted by Crippen LogP contribution is -2.48. The molecule has 15 nitrogen and oxygen atoms in total. The lowest BCUT2D eigenvalue weighted by Gasteiger charge is -2.39. The predicted octanol–water partition coefficient (Wildman–Crippen LogP) is 6.48. The van der Waals surface area contributed by atoms with Crippen molar-refractivity contribution in [2.45, 2.75) is 82.7 Å². The number of piperazine rings is 1. The maximum atomic E-state index is 13.7. The second-order valence-corrected chi connectivity index (χ2v) is 19.8. The van der Waals surface area contributed by atoms with E-state index < -0.39 is 36.3 Å². The maximum absolute atomic E-state index is 13.7. The fourth-order valence-corrected chi connectivity index (χ4v) is 11.4. The molecule has 2 aromatic carbocycles. The van der Waals surface area contributed by atoms with Gasteiger partial charge in [-0.1, -0.05) is 18.2 Å². The molecule has 8 heterocycles. The Hall–Kier alpha value is -6.37. The first kappa shape index (κ1) is 47.3. The van der Waals surface area contributed by atoms with Crippen molar-refractivity contribution >= 4 is 45.6 Å². The van der Waals surface area contributed by atoms with Gasteiger partial charge in [0, 0.05) is 106 Å². The molecule has 70 heavy (non-hydrogen) atoms. The van der Waals surface area contributed by atoms with E-state index in [9.17, 15) is 32.3 Å². The Morgan fingerprint density at radius 1 is 0.829 bits per heavy atom. The summed E-state index contributed by atoms with van der Waals surface area (Å²) in [4.78, 5) is 69.8. The monoisotopic (exact) mass is 959 g/mol. The number of hydrogen-bond acceptors (Lipinski definition) is 10. The number of nitrogens with zero attached hydrogens (tertiary/aromatic N) is 9. The van der Waals surface area contributed by atoms with Crippen LogP contribution >= 0.6 is 0 Å². The number of piperidine rings is 3. The van der Waals surface area contributed by atoms with Crippen LogP contribution in [0.15, 0.2) is 83.9 Å². The maximum Gasteiger partial charge on any atom is 0.406 e. The number of fused-ring (bicyclic) bond motifs is 2. The minimum absolute atomic E-state index is 0.00355. The first-order valence-electron chi connectivity index (χ1n) is 24.6. The van der Waals surface area contributed by atoms with Crippen molar-refractivity contribution in [3.8, 4) is 11.1 Å². The number of hydrogen-bond donors (Lipinski definition) is 2. The Bertz CT molecular complexity index is 2960. The lowest BCUT2D eigenvalue weighted by molar-refractivity contribution is -0.140. The van der Waals surface area contributed by atoms with Gasteiger partial charge in [-0.25, -0.2) is 14.8 Å². The lowest BCUT2D eigenvalue weighted by atomic mass is 9.88. The van der Waals surface area contributed by atoms with E-state index in [1.165, 1.54) is 11.3 Å². The molecule has 4 fully saturated rings. The van der Waals surface area contributed by atoms with Crippen molar-refractivity contribution in [3.05, 3.63) is 112 Å². The molecule has 4 saturated heterocycles. The van der Waals surface area contributed by atoms with Crippen LogP contribution in [0.1, 0.15) is 90.6 Å². The van der Waals surface area contributed by atoms with E-state index >= 15 is 0 Å². The number of alkyl halides is 3. The van der Waals surface area contributed by atoms with Gasteiger partial charge in [-0.15, -0.1) is 0 Å². The minimum atomic E-state index is -4.65. The molecule has 368 valence electrons. The number of carbonyl (C=O) groups excluding carboxylic acids is 3. The smallest absolute Gasteiger partial charge is 0.384 e. The predicted molar refractivity (Wildman–Crippen MR) is 261 cm³/mol. The zero-order valence-corrected chi connectivity index (χ0v) is 39.7. The van der Waals surface area contributed by atoms with Gasteiger partial charge in [0.05, 0.1) is 11.0 Å².